The molecule has 0 atom stereocenters. The van der Waals surface area contributed by atoms with Gasteiger partial charge in [-0.3, -0.25) is 14.3 Å². The molecule has 6 nitrogen and oxygen atoms in total. The topological polar surface area (TPSA) is 88.0 Å². The van der Waals surface area contributed by atoms with Crippen LogP contribution in [0.4, 0.5) is 10.1 Å². The van der Waals surface area contributed by atoms with E-state index >= 15 is 0 Å². The number of nitrogens with zero attached hydrogens (tertiary/aromatic N) is 1. The molecular weight excluding hydrogens is 301 g/mol. The molecule has 2 N–H and O–H groups in total. The van der Waals surface area contributed by atoms with E-state index in [-0.39, 0.29) is 11.7 Å². The van der Waals surface area contributed by atoms with Gasteiger partial charge in [0.15, 0.2) is 5.82 Å². The summed E-state index contributed by atoms with van der Waals surface area (Å²) >= 11 is 0. The second-order valence-corrected chi connectivity index (χ2v) is 4.89. The molecule has 0 aliphatic heterocycles. The summed E-state index contributed by atoms with van der Waals surface area (Å²) in [6.07, 6.45) is 0. The monoisotopic (exact) mass is 313 g/mol. The fourth-order valence-electron chi connectivity index (χ4n) is 2.25. The van der Waals surface area contributed by atoms with Gasteiger partial charge in [0.05, 0.1) is 0 Å². The Bertz CT molecular complexity index is 930. The number of aromatic nitrogens is 2. The van der Waals surface area contributed by atoms with Gasteiger partial charge in [-0.15, -0.1) is 0 Å². The van der Waals surface area contributed by atoms with Gasteiger partial charge in [-0.1, -0.05) is 23.4 Å². The van der Waals surface area contributed by atoms with Crippen molar-refractivity contribution >= 4 is 11.6 Å². The molecule has 3 rings (SSSR count). The van der Waals surface area contributed by atoms with Crippen LogP contribution < -0.4 is 11.1 Å². The van der Waals surface area contributed by atoms with Crippen LogP contribution in [0.5, 0.6) is 0 Å². The summed E-state index contributed by atoms with van der Waals surface area (Å²) in [5, 5.41) is 6.25. The second-order valence-electron chi connectivity index (χ2n) is 4.89. The van der Waals surface area contributed by atoms with Crippen molar-refractivity contribution in [3.05, 3.63) is 70.0 Å². The van der Waals surface area contributed by atoms with Crippen LogP contribution >= 0.6 is 0 Å². The standard InChI is InChI=1S/C16H12FN3O3/c1-9-12(14-19-16(22)23-20-14)6-3-7-13(9)15(21)18-11-5-2-4-10(17)8-11/h2-8H,1H3,(H,18,21)(H,19,20,22). The normalized spacial score (nSPS) is 10.5. The van der Waals surface area contributed by atoms with Crippen LogP contribution in [0.2, 0.25) is 0 Å². The van der Waals surface area contributed by atoms with E-state index < -0.39 is 11.6 Å². The summed E-state index contributed by atoms with van der Waals surface area (Å²) < 4.78 is 17.7. The molecule has 1 amide bonds. The summed E-state index contributed by atoms with van der Waals surface area (Å²) in [6.45, 7) is 1.73. The van der Waals surface area contributed by atoms with E-state index in [1.807, 2.05) is 0 Å². The van der Waals surface area contributed by atoms with E-state index in [1.165, 1.54) is 18.2 Å². The zero-order valence-corrected chi connectivity index (χ0v) is 12.1. The van der Waals surface area contributed by atoms with Gasteiger partial charge in [0.25, 0.3) is 5.91 Å². The quantitative estimate of drug-likeness (QED) is 0.778. The molecule has 116 valence electrons. The summed E-state index contributed by atoms with van der Waals surface area (Å²) in [4.78, 5) is 25.9. The van der Waals surface area contributed by atoms with E-state index in [0.717, 1.165) is 0 Å². The molecule has 3 aromatic rings. The smallest absolute Gasteiger partial charge is 0.322 e. The highest BCUT2D eigenvalue weighted by Gasteiger charge is 2.15. The molecule has 0 unspecified atom stereocenters. The first-order valence-electron chi connectivity index (χ1n) is 6.77. The van der Waals surface area contributed by atoms with Crippen molar-refractivity contribution in [1.82, 2.24) is 10.1 Å². The number of nitrogens with one attached hydrogen (secondary N) is 2. The van der Waals surface area contributed by atoms with Gasteiger partial charge in [0.1, 0.15) is 5.82 Å². The van der Waals surface area contributed by atoms with Crippen LogP contribution in [-0.2, 0) is 0 Å². The van der Waals surface area contributed by atoms with Crippen LogP contribution in [-0.4, -0.2) is 16.0 Å². The Balaban J connectivity index is 1.94. The van der Waals surface area contributed by atoms with Gasteiger partial charge in [0.2, 0.25) is 0 Å². The molecule has 1 heterocycles. The van der Waals surface area contributed by atoms with E-state index in [2.05, 4.69) is 20.0 Å². The van der Waals surface area contributed by atoms with E-state index in [0.29, 0.717) is 22.4 Å². The van der Waals surface area contributed by atoms with E-state index in [1.54, 1.807) is 31.2 Å². The van der Waals surface area contributed by atoms with Crippen molar-refractivity contribution in [3.63, 3.8) is 0 Å². The van der Waals surface area contributed by atoms with Crippen LogP contribution in [0.25, 0.3) is 11.4 Å². The number of amides is 1. The predicted molar refractivity (Wildman–Crippen MR) is 81.6 cm³/mol. The Hall–Kier alpha value is -3.22. The number of aromatic amines is 1. The highest BCUT2D eigenvalue weighted by Crippen LogP contribution is 2.23. The van der Waals surface area contributed by atoms with Crippen molar-refractivity contribution in [2.45, 2.75) is 6.92 Å². The molecule has 0 aliphatic carbocycles. The van der Waals surface area contributed by atoms with Crippen molar-refractivity contribution in [2.75, 3.05) is 5.32 Å². The molecular formula is C16H12FN3O3. The number of benzene rings is 2. The average molecular weight is 313 g/mol. The molecule has 7 heteroatoms. The fourth-order valence-corrected chi connectivity index (χ4v) is 2.25. The van der Waals surface area contributed by atoms with Gasteiger partial charge in [-0.25, -0.2) is 9.18 Å². The number of carbonyl (C=O) groups excluding carboxylic acids is 1. The molecule has 0 spiro atoms. The highest BCUT2D eigenvalue weighted by atomic mass is 19.1. The first kappa shape index (κ1) is 14.7. The minimum Gasteiger partial charge on any atom is -0.322 e. The Morgan fingerprint density at radius 3 is 2.74 bits per heavy atom. The Morgan fingerprint density at radius 1 is 1.26 bits per heavy atom. The van der Waals surface area contributed by atoms with Crippen LogP contribution in [0, 0.1) is 12.7 Å². The number of anilines is 1. The van der Waals surface area contributed by atoms with Gasteiger partial charge in [-0.05, 0) is 36.8 Å². The molecule has 0 saturated carbocycles. The number of hydrogen-bond donors (Lipinski definition) is 2. The van der Waals surface area contributed by atoms with Crippen molar-refractivity contribution in [3.8, 4) is 11.4 Å². The Labute approximate surface area is 129 Å². The number of carbonyl (C=O) groups is 1. The summed E-state index contributed by atoms with van der Waals surface area (Å²) in [7, 11) is 0. The summed E-state index contributed by atoms with van der Waals surface area (Å²) in [6, 6.07) is 10.6. The van der Waals surface area contributed by atoms with Crippen molar-refractivity contribution in [2.24, 2.45) is 0 Å². The van der Waals surface area contributed by atoms with Gasteiger partial charge in [0, 0.05) is 16.8 Å². The first-order chi connectivity index (χ1) is 11.0. The van der Waals surface area contributed by atoms with Crippen molar-refractivity contribution in [1.29, 1.82) is 0 Å². The Morgan fingerprint density at radius 2 is 2.04 bits per heavy atom. The molecule has 0 fully saturated rings. The minimum absolute atomic E-state index is 0.243. The molecule has 1 aromatic heterocycles. The highest BCUT2D eigenvalue weighted by molar-refractivity contribution is 6.06. The third-order valence-electron chi connectivity index (χ3n) is 3.36. The number of hydrogen-bond acceptors (Lipinski definition) is 4. The molecule has 2 aromatic carbocycles. The maximum atomic E-state index is 13.2. The van der Waals surface area contributed by atoms with Crippen LogP contribution in [0.3, 0.4) is 0 Å². The summed E-state index contributed by atoms with van der Waals surface area (Å²) in [5.74, 6) is -1.25. The lowest BCUT2D eigenvalue weighted by Crippen LogP contribution is -2.14. The average Bonchev–Trinajstić information content (AvgIpc) is 2.93. The second kappa shape index (κ2) is 5.88. The predicted octanol–water partition coefficient (Wildman–Crippen LogP) is 2.73. The SMILES string of the molecule is Cc1c(C(=O)Nc2cccc(F)c2)cccc1-c1noc(=O)[nH]1. The third kappa shape index (κ3) is 3.03. The van der Waals surface area contributed by atoms with Crippen molar-refractivity contribution < 1.29 is 13.7 Å². The minimum atomic E-state index is -0.672. The third-order valence-corrected chi connectivity index (χ3v) is 3.36. The van der Waals surface area contributed by atoms with Crippen LogP contribution in [0.1, 0.15) is 15.9 Å². The number of halogens is 1. The lowest BCUT2D eigenvalue weighted by Gasteiger charge is -2.10. The first-order valence-corrected chi connectivity index (χ1v) is 6.77. The lowest BCUT2D eigenvalue weighted by molar-refractivity contribution is 0.102. The molecule has 0 bridgehead atoms. The van der Waals surface area contributed by atoms with Gasteiger partial charge < -0.3 is 5.32 Å². The number of H-pyrrole nitrogens is 1. The molecule has 0 saturated heterocycles. The zero-order valence-electron chi connectivity index (χ0n) is 12.1. The lowest BCUT2D eigenvalue weighted by atomic mass is 10.0. The summed E-state index contributed by atoms with van der Waals surface area (Å²) in [5.41, 5.74) is 1.93. The molecule has 0 aliphatic rings. The Kier molecular flexibility index (Phi) is 3.76. The van der Waals surface area contributed by atoms with Crippen LogP contribution in [0.15, 0.2) is 51.8 Å². The molecule has 0 radical (unpaired) electrons. The fraction of sp³-hybridized carbons (Fsp3) is 0.0625. The molecule has 23 heavy (non-hydrogen) atoms. The van der Waals surface area contributed by atoms with Gasteiger partial charge >= 0.3 is 5.76 Å². The van der Waals surface area contributed by atoms with E-state index in [4.69, 9.17) is 0 Å². The maximum Gasteiger partial charge on any atom is 0.439 e. The zero-order chi connectivity index (χ0) is 16.4. The van der Waals surface area contributed by atoms with Gasteiger partial charge in [-0.2, -0.15) is 0 Å². The van der Waals surface area contributed by atoms with E-state index in [9.17, 15) is 14.0 Å². The number of rotatable bonds is 3. The maximum absolute atomic E-state index is 13.2. The largest absolute Gasteiger partial charge is 0.439 e.